The smallest absolute Gasteiger partial charge is 0.251 e. The lowest BCUT2D eigenvalue weighted by atomic mass is 9.93. The first kappa shape index (κ1) is 17.2. The van der Waals surface area contributed by atoms with Crippen LogP contribution in [0.5, 0.6) is 0 Å². The second-order valence-corrected chi connectivity index (χ2v) is 5.71. The summed E-state index contributed by atoms with van der Waals surface area (Å²) in [6, 6.07) is 17.9. The molecule has 2 rings (SSSR count). The third kappa shape index (κ3) is 5.22. The van der Waals surface area contributed by atoms with E-state index in [1.165, 1.54) is 11.1 Å². The molecule has 3 heteroatoms. The van der Waals surface area contributed by atoms with E-state index in [1.807, 2.05) is 42.5 Å². The largest absolute Gasteiger partial charge is 0.396 e. The summed E-state index contributed by atoms with van der Waals surface area (Å²) < 4.78 is 0. The van der Waals surface area contributed by atoms with Gasteiger partial charge in [-0.3, -0.25) is 4.79 Å². The van der Waals surface area contributed by atoms with E-state index in [1.54, 1.807) is 0 Å². The van der Waals surface area contributed by atoms with Crippen molar-refractivity contribution in [1.29, 1.82) is 0 Å². The average molecular weight is 311 g/mol. The minimum Gasteiger partial charge on any atom is -0.396 e. The number of amides is 1. The van der Waals surface area contributed by atoms with Crippen molar-refractivity contribution in [3.8, 4) is 0 Å². The number of carbonyl (C=O) groups is 1. The molecule has 0 aliphatic heterocycles. The highest BCUT2D eigenvalue weighted by Gasteiger charge is 2.12. The van der Waals surface area contributed by atoms with Crippen LogP contribution >= 0.6 is 0 Å². The molecule has 122 valence electrons. The van der Waals surface area contributed by atoms with E-state index < -0.39 is 0 Å². The lowest BCUT2D eigenvalue weighted by molar-refractivity contribution is 0.0952. The third-order valence-corrected chi connectivity index (χ3v) is 4.15. The standard InChI is InChI=1S/C20H25NO2/c1-2-16-8-10-19(11-9-16)20(23)21-14-12-18(13-15-22)17-6-4-3-5-7-17/h3-11,18,22H,2,12-15H2,1H3,(H,21,23). The number of aliphatic hydroxyl groups excluding tert-OH is 1. The lowest BCUT2D eigenvalue weighted by Gasteiger charge is -2.16. The summed E-state index contributed by atoms with van der Waals surface area (Å²) in [5.74, 6) is 0.229. The number of benzene rings is 2. The van der Waals surface area contributed by atoms with Crippen LogP contribution in [0.15, 0.2) is 54.6 Å². The summed E-state index contributed by atoms with van der Waals surface area (Å²) in [7, 11) is 0. The van der Waals surface area contributed by atoms with Crippen molar-refractivity contribution in [3.63, 3.8) is 0 Å². The Kier molecular flexibility index (Phi) is 6.82. The highest BCUT2D eigenvalue weighted by Crippen LogP contribution is 2.22. The lowest BCUT2D eigenvalue weighted by Crippen LogP contribution is -2.25. The van der Waals surface area contributed by atoms with Crippen molar-refractivity contribution in [2.75, 3.05) is 13.2 Å². The van der Waals surface area contributed by atoms with Crippen molar-refractivity contribution < 1.29 is 9.90 Å². The van der Waals surface area contributed by atoms with Gasteiger partial charge in [0.05, 0.1) is 0 Å². The molecule has 0 fully saturated rings. The van der Waals surface area contributed by atoms with Gasteiger partial charge in [-0.2, -0.15) is 0 Å². The van der Waals surface area contributed by atoms with E-state index in [4.69, 9.17) is 0 Å². The monoisotopic (exact) mass is 311 g/mol. The number of rotatable bonds is 8. The van der Waals surface area contributed by atoms with Crippen molar-refractivity contribution in [2.45, 2.75) is 32.1 Å². The second-order valence-electron chi connectivity index (χ2n) is 5.71. The molecular formula is C20H25NO2. The summed E-state index contributed by atoms with van der Waals surface area (Å²) in [6.45, 7) is 2.86. The number of hydrogen-bond donors (Lipinski definition) is 2. The van der Waals surface area contributed by atoms with Gasteiger partial charge in [-0.25, -0.2) is 0 Å². The molecule has 0 aliphatic rings. The van der Waals surface area contributed by atoms with Gasteiger partial charge in [0.2, 0.25) is 0 Å². The summed E-state index contributed by atoms with van der Waals surface area (Å²) in [5.41, 5.74) is 3.14. The SMILES string of the molecule is CCc1ccc(C(=O)NCCC(CCO)c2ccccc2)cc1. The van der Waals surface area contributed by atoms with Crippen LogP contribution in [-0.4, -0.2) is 24.2 Å². The molecule has 2 aromatic carbocycles. The number of aryl methyl sites for hydroxylation is 1. The molecule has 0 aliphatic carbocycles. The Labute approximate surface area is 138 Å². The van der Waals surface area contributed by atoms with E-state index in [9.17, 15) is 9.90 Å². The van der Waals surface area contributed by atoms with Crippen LogP contribution in [0.3, 0.4) is 0 Å². The molecule has 2 N–H and O–H groups in total. The summed E-state index contributed by atoms with van der Waals surface area (Å²) in [4.78, 5) is 12.2. The Morgan fingerprint density at radius 2 is 1.74 bits per heavy atom. The van der Waals surface area contributed by atoms with Crippen LogP contribution in [0, 0.1) is 0 Å². The normalized spacial score (nSPS) is 11.9. The Bertz CT molecular complexity index is 593. The molecular weight excluding hydrogens is 286 g/mol. The van der Waals surface area contributed by atoms with Crippen molar-refractivity contribution >= 4 is 5.91 Å². The molecule has 0 aromatic heterocycles. The summed E-state index contributed by atoms with van der Waals surface area (Å²) in [5, 5.41) is 12.2. The topological polar surface area (TPSA) is 49.3 Å². The Balaban J connectivity index is 1.87. The van der Waals surface area contributed by atoms with Crippen molar-refractivity contribution in [1.82, 2.24) is 5.32 Å². The molecule has 0 saturated heterocycles. The van der Waals surface area contributed by atoms with Crippen LogP contribution in [0.1, 0.15) is 47.2 Å². The van der Waals surface area contributed by atoms with E-state index in [2.05, 4.69) is 24.4 Å². The van der Waals surface area contributed by atoms with Crippen LogP contribution in [0.25, 0.3) is 0 Å². The molecule has 3 nitrogen and oxygen atoms in total. The molecule has 0 bridgehead atoms. The maximum atomic E-state index is 12.2. The molecule has 2 aromatic rings. The van der Waals surface area contributed by atoms with Gasteiger partial charge in [0.15, 0.2) is 0 Å². The number of aliphatic hydroxyl groups is 1. The number of hydrogen-bond acceptors (Lipinski definition) is 2. The maximum Gasteiger partial charge on any atom is 0.251 e. The van der Waals surface area contributed by atoms with Gasteiger partial charge in [0, 0.05) is 18.7 Å². The highest BCUT2D eigenvalue weighted by molar-refractivity contribution is 5.94. The number of nitrogens with one attached hydrogen (secondary N) is 1. The van der Waals surface area contributed by atoms with Crippen molar-refractivity contribution in [3.05, 3.63) is 71.3 Å². The highest BCUT2D eigenvalue weighted by atomic mass is 16.3. The zero-order chi connectivity index (χ0) is 16.5. The maximum absolute atomic E-state index is 12.2. The van der Waals surface area contributed by atoms with Gasteiger partial charge >= 0.3 is 0 Å². The predicted molar refractivity (Wildman–Crippen MR) is 93.7 cm³/mol. The molecule has 1 atom stereocenters. The van der Waals surface area contributed by atoms with Crippen molar-refractivity contribution in [2.24, 2.45) is 0 Å². The minimum atomic E-state index is -0.0385. The quantitative estimate of drug-likeness (QED) is 0.783. The molecule has 0 saturated carbocycles. The van der Waals surface area contributed by atoms with Gasteiger partial charge in [-0.15, -0.1) is 0 Å². The number of carbonyl (C=O) groups excluding carboxylic acids is 1. The van der Waals surface area contributed by atoms with Gasteiger partial charge in [-0.05, 0) is 48.4 Å². The minimum absolute atomic E-state index is 0.0385. The summed E-state index contributed by atoms with van der Waals surface area (Å²) in [6.07, 6.45) is 2.51. The predicted octanol–water partition coefficient (Wildman–Crippen LogP) is 3.54. The van der Waals surface area contributed by atoms with E-state index in [-0.39, 0.29) is 18.4 Å². The zero-order valence-corrected chi connectivity index (χ0v) is 13.7. The van der Waals surface area contributed by atoms with Crippen LogP contribution in [0.2, 0.25) is 0 Å². The second kappa shape index (κ2) is 9.11. The molecule has 0 radical (unpaired) electrons. The molecule has 23 heavy (non-hydrogen) atoms. The van der Waals surface area contributed by atoms with Gasteiger partial charge in [0.25, 0.3) is 5.91 Å². The first-order chi connectivity index (χ1) is 11.2. The summed E-state index contributed by atoms with van der Waals surface area (Å²) >= 11 is 0. The Morgan fingerprint density at radius 3 is 2.35 bits per heavy atom. The fourth-order valence-corrected chi connectivity index (χ4v) is 2.71. The fraction of sp³-hybridized carbons (Fsp3) is 0.350. The van der Waals surface area contributed by atoms with Gasteiger partial charge in [-0.1, -0.05) is 49.4 Å². The molecule has 1 amide bonds. The van der Waals surface area contributed by atoms with Crippen LogP contribution in [-0.2, 0) is 6.42 Å². The van der Waals surface area contributed by atoms with E-state index in [0.29, 0.717) is 18.5 Å². The third-order valence-electron chi connectivity index (χ3n) is 4.15. The van der Waals surface area contributed by atoms with Crippen LogP contribution < -0.4 is 5.32 Å². The van der Waals surface area contributed by atoms with Gasteiger partial charge in [0.1, 0.15) is 0 Å². The molecule has 0 spiro atoms. The fourth-order valence-electron chi connectivity index (χ4n) is 2.71. The van der Waals surface area contributed by atoms with E-state index >= 15 is 0 Å². The first-order valence-corrected chi connectivity index (χ1v) is 8.27. The molecule has 0 heterocycles. The van der Waals surface area contributed by atoms with E-state index in [0.717, 1.165) is 12.8 Å². The van der Waals surface area contributed by atoms with Gasteiger partial charge < -0.3 is 10.4 Å². The Hall–Kier alpha value is -2.13. The van der Waals surface area contributed by atoms with Crippen LogP contribution in [0.4, 0.5) is 0 Å². The average Bonchev–Trinajstić information content (AvgIpc) is 2.61. The molecule has 1 unspecified atom stereocenters. The zero-order valence-electron chi connectivity index (χ0n) is 13.7. The Morgan fingerprint density at radius 1 is 1.04 bits per heavy atom. The first-order valence-electron chi connectivity index (χ1n) is 8.27.